The number of primary amides is 1. The highest BCUT2D eigenvalue weighted by atomic mass is 16.5. The molecule has 2 aliphatic rings. The summed E-state index contributed by atoms with van der Waals surface area (Å²) in [6.45, 7) is 1.65. The van der Waals surface area contributed by atoms with Crippen LogP contribution in [-0.4, -0.2) is 101 Å². The minimum absolute atomic E-state index is 0.206. The molecular weight excluding hydrogens is 592 g/mol. The number of rotatable bonds is 12. The zero-order chi connectivity index (χ0) is 33.4. The van der Waals surface area contributed by atoms with Gasteiger partial charge in [0, 0.05) is 33.5 Å². The Labute approximate surface area is 268 Å². The fourth-order valence-electron chi connectivity index (χ4n) is 6.10. The van der Waals surface area contributed by atoms with E-state index in [0.717, 1.165) is 11.1 Å². The Balaban J connectivity index is 1.49. The van der Waals surface area contributed by atoms with Gasteiger partial charge in [-0.15, -0.1) is 0 Å². The van der Waals surface area contributed by atoms with E-state index < -0.39 is 42.0 Å². The van der Waals surface area contributed by atoms with Crippen LogP contribution in [0.3, 0.4) is 0 Å². The van der Waals surface area contributed by atoms with E-state index in [-0.39, 0.29) is 37.1 Å². The predicted octanol–water partition coefficient (Wildman–Crippen LogP) is 0.135. The van der Waals surface area contributed by atoms with Crippen molar-refractivity contribution < 1.29 is 33.5 Å². The lowest BCUT2D eigenvalue weighted by Gasteiger charge is -2.36. The molecule has 0 radical (unpaired) electrons. The van der Waals surface area contributed by atoms with Crippen molar-refractivity contribution in [2.45, 2.75) is 69.6 Å². The number of nitrogens with two attached hydrogens (primary N) is 2. The summed E-state index contributed by atoms with van der Waals surface area (Å²) in [6, 6.07) is 12.5. The molecule has 0 saturated carbocycles. The summed E-state index contributed by atoms with van der Waals surface area (Å²) in [5, 5.41) is 2.49. The number of likely N-dealkylation sites (tertiary alicyclic amines) is 2. The van der Waals surface area contributed by atoms with Crippen LogP contribution in [0.15, 0.2) is 54.6 Å². The molecule has 2 fully saturated rings. The van der Waals surface area contributed by atoms with Gasteiger partial charge in [0.2, 0.25) is 29.5 Å². The van der Waals surface area contributed by atoms with Gasteiger partial charge in [0.25, 0.3) is 0 Å². The number of carbonyl (C=O) groups is 6. The van der Waals surface area contributed by atoms with Gasteiger partial charge in [-0.2, -0.15) is 0 Å². The molecule has 0 aromatic heterocycles. The lowest BCUT2D eigenvalue weighted by molar-refractivity contribution is -0.151. The van der Waals surface area contributed by atoms with Crippen LogP contribution in [0.4, 0.5) is 0 Å². The van der Waals surface area contributed by atoms with Crippen LogP contribution in [0.25, 0.3) is 0 Å². The van der Waals surface area contributed by atoms with Gasteiger partial charge in [-0.3, -0.25) is 28.8 Å². The van der Waals surface area contributed by atoms with Crippen molar-refractivity contribution in [3.05, 3.63) is 65.7 Å². The second kappa shape index (κ2) is 15.5. The van der Waals surface area contributed by atoms with Gasteiger partial charge in [0.1, 0.15) is 23.9 Å². The maximum Gasteiger partial charge on any atom is 0.308 e. The molecule has 0 unspecified atom stereocenters. The van der Waals surface area contributed by atoms with Crippen LogP contribution in [-0.2, 0) is 41.6 Å². The number of amides is 5. The second-order valence-electron chi connectivity index (χ2n) is 11.8. The van der Waals surface area contributed by atoms with Gasteiger partial charge in [-0.25, -0.2) is 0 Å². The molecule has 13 nitrogen and oxygen atoms in total. The van der Waals surface area contributed by atoms with Crippen molar-refractivity contribution in [3.63, 3.8) is 0 Å². The van der Waals surface area contributed by atoms with Crippen molar-refractivity contribution in [3.8, 4) is 5.75 Å². The third kappa shape index (κ3) is 8.47. The molecule has 13 heteroatoms. The third-order valence-electron chi connectivity index (χ3n) is 8.43. The van der Waals surface area contributed by atoms with Crippen LogP contribution < -0.4 is 21.5 Å². The SMILES string of the molecule is CC(=O)Oc1ccc(C[C@H](N)C(=O)N2CCC[C@H]2C(=O)N(C)[C@@H](Cc2ccccc2)C(=O)N2CCC[C@@H]2C(=O)NCC(N)=O)cc1. The Hall–Kier alpha value is -4.78. The number of carbonyl (C=O) groups excluding carboxylic acids is 6. The smallest absolute Gasteiger partial charge is 0.308 e. The molecule has 0 aliphatic carbocycles. The highest BCUT2D eigenvalue weighted by Gasteiger charge is 2.43. The van der Waals surface area contributed by atoms with Crippen LogP contribution in [0, 0.1) is 0 Å². The average molecular weight is 635 g/mol. The molecule has 46 heavy (non-hydrogen) atoms. The van der Waals surface area contributed by atoms with Crippen molar-refractivity contribution in [2.24, 2.45) is 11.5 Å². The van der Waals surface area contributed by atoms with Crippen LogP contribution in [0.1, 0.15) is 43.7 Å². The molecule has 2 aromatic rings. The van der Waals surface area contributed by atoms with E-state index in [1.807, 2.05) is 30.3 Å². The van der Waals surface area contributed by atoms with Crippen LogP contribution >= 0.6 is 0 Å². The van der Waals surface area contributed by atoms with E-state index in [4.69, 9.17) is 16.2 Å². The summed E-state index contributed by atoms with van der Waals surface area (Å²) in [6.07, 6.45) is 2.46. The second-order valence-corrected chi connectivity index (χ2v) is 11.8. The molecule has 2 aromatic carbocycles. The lowest BCUT2D eigenvalue weighted by atomic mass is 10.0. The molecular formula is C33H42N6O7. The lowest BCUT2D eigenvalue weighted by Crippen LogP contribution is -2.58. The highest BCUT2D eigenvalue weighted by Crippen LogP contribution is 2.25. The molecule has 4 rings (SSSR count). The molecule has 0 spiro atoms. The number of ether oxygens (including phenoxy) is 1. The molecule has 5 N–H and O–H groups in total. The van der Waals surface area contributed by atoms with Gasteiger partial charge < -0.3 is 36.2 Å². The molecule has 2 saturated heterocycles. The Kier molecular flexibility index (Phi) is 11.5. The van der Waals surface area contributed by atoms with Gasteiger partial charge in [0.15, 0.2) is 0 Å². The topological polar surface area (TPSA) is 185 Å². The first-order valence-electron chi connectivity index (χ1n) is 15.5. The molecule has 2 heterocycles. The summed E-state index contributed by atoms with van der Waals surface area (Å²) in [4.78, 5) is 81.3. The first kappa shape index (κ1) is 34.1. The van der Waals surface area contributed by atoms with E-state index >= 15 is 0 Å². The summed E-state index contributed by atoms with van der Waals surface area (Å²) in [5.74, 6) is -2.36. The van der Waals surface area contributed by atoms with Crippen molar-refractivity contribution >= 4 is 35.5 Å². The quantitative estimate of drug-likeness (QED) is 0.217. The summed E-state index contributed by atoms with van der Waals surface area (Å²) >= 11 is 0. The normalized spacial score (nSPS) is 18.8. The van der Waals surface area contributed by atoms with E-state index in [0.29, 0.717) is 44.5 Å². The maximum absolute atomic E-state index is 14.1. The minimum atomic E-state index is -0.943. The van der Waals surface area contributed by atoms with Crippen molar-refractivity contribution in [2.75, 3.05) is 26.7 Å². The Morgan fingerprint density at radius 1 is 0.870 bits per heavy atom. The largest absolute Gasteiger partial charge is 0.427 e. The monoisotopic (exact) mass is 634 g/mol. The summed E-state index contributed by atoms with van der Waals surface area (Å²) in [5.41, 5.74) is 13.1. The van der Waals surface area contributed by atoms with E-state index in [1.165, 1.54) is 21.6 Å². The molecule has 246 valence electrons. The molecule has 5 amide bonds. The molecule has 2 aliphatic heterocycles. The summed E-state index contributed by atoms with van der Waals surface area (Å²) in [7, 11) is 1.55. The standard InChI is InChI=1S/C33H42N6O7/c1-21(40)46-24-14-12-23(13-15-24)18-25(34)31(43)39-17-7-11-27(39)32(44)37(2)28(19-22-8-4-3-5-9-22)33(45)38-16-6-10-26(38)30(42)36-20-29(35)41/h3-5,8-9,12-15,25-28H,6-7,10-11,16-20,34H2,1-2H3,(H2,35,41)(H,36,42)/t25-,26+,27-,28-/m0/s1. The first-order valence-corrected chi connectivity index (χ1v) is 15.5. The average Bonchev–Trinajstić information content (AvgIpc) is 3.73. The Morgan fingerprint density at radius 3 is 2.07 bits per heavy atom. The van der Waals surface area contributed by atoms with Crippen LogP contribution in [0.2, 0.25) is 0 Å². The maximum atomic E-state index is 14.1. The Morgan fingerprint density at radius 2 is 1.46 bits per heavy atom. The van der Waals surface area contributed by atoms with Crippen molar-refractivity contribution in [1.82, 2.24) is 20.0 Å². The van der Waals surface area contributed by atoms with E-state index in [9.17, 15) is 28.8 Å². The van der Waals surface area contributed by atoms with Gasteiger partial charge in [-0.05, 0) is 55.4 Å². The number of esters is 1. The fourth-order valence-corrected chi connectivity index (χ4v) is 6.10. The number of hydrogen-bond acceptors (Lipinski definition) is 8. The summed E-state index contributed by atoms with van der Waals surface area (Å²) < 4.78 is 5.06. The van der Waals surface area contributed by atoms with E-state index in [1.54, 1.807) is 31.3 Å². The van der Waals surface area contributed by atoms with Gasteiger partial charge >= 0.3 is 5.97 Å². The van der Waals surface area contributed by atoms with Gasteiger partial charge in [0.05, 0.1) is 12.6 Å². The predicted molar refractivity (Wildman–Crippen MR) is 168 cm³/mol. The first-order chi connectivity index (χ1) is 22.0. The number of likely N-dealkylation sites (N-methyl/N-ethyl adjacent to an activating group) is 1. The minimum Gasteiger partial charge on any atom is -0.427 e. The van der Waals surface area contributed by atoms with E-state index in [2.05, 4.69) is 5.32 Å². The molecule has 4 atom stereocenters. The molecule has 0 bridgehead atoms. The number of hydrogen-bond donors (Lipinski definition) is 3. The van der Waals surface area contributed by atoms with Crippen LogP contribution in [0.5, 0.6) is 5.75 Å². The zero-order valence-electron chi connectivity index (χ0n) is 26.2. The Bertz CT molecular complexity index is 1430. The number of nitrogens with zero attached hydrogens (tertiary/aromatic N) is 3. The number of benzene rings is 2. The highest BCUT2D eigenvalue weighted by molar-refractivity contribution is 5.96. The van der Waals surface area contributed by atoms with Gasteiger partial charge in [-0.1, -0.05) is 42.5 Å². The fraction of sp³-hybridized carbons (Fsp3) is 0.455. The van der Waals surface area contributed by atoms with Crippen molar-refractivity contribution in [1.29, 1.82) is 0 Å². The third-order valence-corrected chi connectivity index (χ3v) is 8.43. The number of nitrogens with one attached hydrogen (secondary N) is 1. The zero-order valence-corrected chi connectivity index (χ0v) is 26.2.